The molecule has 0 fully saturated rings. The standard InChI is InChI=1S/C4H9O.C3H7O.Al/c1-2-3-4-5;1-2-3-4;/h2-4H2,1H3;2-3H2,1H3;/q2*-1;+2. The summed E-state index contributed by atoms with van der Waals surface area (Å²) in [6.45, 7) is 5.98. The van der Waals surface area contributed by atoms with Crippen LogP contribution in [0.1, 0.15) is 33.1 Å². The number of hydrogen-bond donors (Lipinski definition) is 0. The Balaban J connectivity index is 2.65. The third-order valence-corrected chi connectivity index (χ3v) is 1.82. The van der Waals surface area contributed by atoms with E-state index in [2.05, 4.69) is 13.8 Å². The summed E-state index contributed by atoms with van der Waals surface area (Å²) >= 11 is -0.186. The largest absolute Gasteiger partial charge is 0.668 e. The van der Waals surface area contributed by atoms with E-state index in [1.54, 1.807) is 0 Å². The molecule has 0 N–H and O–H groups in total. The average Bonchev–Trinajstić information content (AvgIpc) is 1.97. The number of rotatable bonds is 7. The second-order valence-corrected chi connectivity index (χ2v) is 3.05. The third kappa shape index (κ3) is 8.45. The molecule has 0 aromatic rings. The fourth-order valence-electron chi connectivity index (χ4n) is 0.490. The first-order valence-corrected chi connectivity index (χ1v) is 4.91. The van der Waals surface area contributed by atoms with Gasteiger partial charge in [0.25, 0.3) is 0 Å². The lowest BCUT2D eigenvalue weighted by Crippen LogP contribution is -2.06. The molecule has 0 aliphatic rings. The molecule has 1 radical (unpaired) electrons. The van der Waals surface area contributed by atoms with Gasteiger partial charge in [0.2, 0.25) is 0 Å². The van der Waals surface area contributed by atoms with Gasteiger partial charge in [0.05, 0.1) is 0 Å². The van der Waals surface area contributed by atoms with Gasteiger partial charge in [0, 0.05) is 13.2 Å². The van der Waals surface area contributed by atoms with Gasteiger partial charge in [0.15, 0.2) is 0 Å². The van der Waals surface area contributed by atoms with E-state index in [9.17, 15) is 0 Å². The maximum Gasteiger partial charge on any atom is 0.668 e. The van der Waals surface area contributed by atoms with E-state index in [1.807, 2.05) is 0 Å². The van der Waals surface area contributed by atoms with Gasteiger partial charge in [-0.1, -0.05) is 20.3 Å². The molecule has 0 aliphatic heterocycles. The Kier molecular flexibility index (Phi) is 9.88. The van der Waals surface area contributed by atoms with Gasteiger partial charge in [-0.05, 0) is 12.8 Å². The number of unbranched alkanes of at least 4 members (excludes halogenated alkanes) is 1. The highest BCUT2D eigenvalue weighted by Crippen LogP contribution is 1.86. The molecule has 0 aromatic heterocycles. The molecule has 0 amide bonds. The fourth-order valence-corrected chi connectivity index (χ4v) is 1.18. The molecule has 10 heavy (non-hydrogen) atoms. The highest BCUT2D eigenvalue weighted by Gasteiger charge is 1.94. The molecule has 0 heterocycles. The molecule has 0 rings (SSSR count). The molecule has 0 saturated carbocycles. The van der Waals surface area contributed by atoms with E-state index in [0.29, 0.717) is 0 Å². The van der Waals surface area contributed by atoms with E-state index in [-0.39, 0.29) is 15.9 Å². The predicted molar refractivity (Wildman–Crippen MR) is 42.9 cm³/mol. The normalized spacial score (nSPS) is 9.80. The average molecular weight is 159 g/mol. The summed E-state index contributed by atoms with van der Waals surface area (Å²) in [6.07, 6.45) is 3.44. The maximum absolute atomic E-state index is 5.24. The lowest BCUT2D eigenvalue weighted by atomic mass is 10.4. The second-order valence-electron chi connectivity index (χ2n) is 2.19. The zero-order valence-corrected chi connectivity index (χ0v) is 8.08. The van der Waals surface area contributed by atoms with Crippen molar-refractivity contribution in [1.82, 2.24) is 0 Å². The van der Waals surface area contributed by atoms with Gasteiger partial charge in [0.1, 0.15) is 0 Å². The van der Waals surface area contributed by atoms with Crippen LogP contribution < -0.4 is 0 Å². The molecular formula is C7H16AlO2. The second kappa shape index (κ2) is 9.45. The van der Waals surface area contributed by atoms with Crippen LogP contribution in [0.2, 0.25) is 0 Å². The van der Waals surface area contributed by atoms with Gasteiger partial charge >= 0.3 is 15.9 Å². The zero-order valence-electron chi connectivity index (χ0n) is 6.93. The molecule has 0 bridgehead atoms. The quantitative estimate of drug-likeness (QED) is 0.416. The fraction of sp³-hybridized carbons (Fsp3) is 1.00. The highest BCUT2D eigenvalue weighted by molar-refractivity contribution is 6.17. The molecule has 0 aliphatic carbocycles. The van der Waals surface area contributed by atoms with E-state index in [0.717, 1.165) is 26.1 Å². The Morgan fingerprint density at radius 1 is 1.00 bits per heavy atom. The molecule has 2 nitrogen and oxygen atoms in total. The van der Waals surface area contributed by atoms with Crippen molar-refractivity contribution in [3.05, 3.63) is 0 Å². The van der Waals surface area contributed by atoms with Crippen molar-refractivity contribution in [2.75, 3.05) is 13.2 Å². The van der Waals surface area contributed by atoms with Gasteiger partial charge in [-0.25, -0.2) is 0 Å². The van der Waals surface area contributed by atoms with Gasteiger partial charge in [-0.2, -0.15) is 0 Å². The maximum atomic E-state index is 5.24. The van der Waals surface area contributed by atoms with Gasteiger partial charge in [-0.15, -0.1) is 0 Å². The summed E-state index contributed by atoms with van der Waals surface area (Å²) < 4.78 is 10.4. The van der Waals surface area contributed by atoms with Crippen LogP contribution in [0.3, 0.4) is 0 Å². The summed E-state index contributed by atoms with van der Waals surface area (Å²) in [7, 11) is 0. The van der Waals surface area contributed by atoms with Crippen molar-refractivity contribution >= 4 is 15.9 Å². The van der Waals surface area contributed by atoms with Crippen LogP contribution in [0, 0.1) is 0 Å². The van der Waals surface area contributed by atoms with E-state index in [1.165, 1.54) is 6.42 Å². The van der Waals surface area contributed by atoms with Crippen molar-refractivity contribution in [2.24, 2.45) is 0 Å². The summed E-state index contributed by atoms with van der Waals surface area (Å²) in [5, 5.41) is 0. The Labute approximate surface area is 70.3 Å². The Morgan fingerprint density at radius 2 is 1.70 bits per heavy atom. The monoisotopic (exact) mass is 159 g/mol. The molecule has 0 aromatic carbocycles. The van der Waals surface area contributed by atoms with E-state index in [4.69, 9.17) is 7.58 Å². The van der Waals surface area contributed by atoms with Crippen molar-refractivity contribution in [3.63, 3.8) is 0 Å². The van der Waals surface area contributed by atoms with Crippen molar-refractivity contribution < 1.29 is 7.58 Å². The minimum atomic E-state index is -0.186. The van der Waals surface area contributed by atoms with Crippen LogP contribution in [0.4, 0.5) is 0 Å². The van der Waals surface area contributed by atoms with Crippen molar-refractivity contribution in [2.45, 2.75) is 33.1 Å². The SMILES string of the molecule is CCCC[O][Al][O]CCC. The van der Waals surface area contributed by atoms with Crippen LogP contribution in [-0.4, -0.2) is 29.1 Å². The lowest BCUT2D eigenvalue weighted by Gasteiger charge is -2.01. The highest BCUT2D eigenvalue weighted by atomic mass is 27.2. The smallest absolute Gasteiger partial charge is 0.484 e. The summed E-state index contributed by atoms with van der Waals surface area (Å²) in [5.41, 5.74) is 0. The van der Waals surface area contributed by atoms with Crippen LogP contribution in [0.5, 0.6) is 0 Å². The number of hydrogen-bond acceptors (Lipinski definition) is 2. The van der Waals surface area contributed by atoms with Crippen LogP contribution in [0.25, 0.3) is 0 Å². The first-order chi connectivity index (χ1) is 4.91. The van der Waals surface area contributed by atoms with E-state index >= 15 is 0 Å². The summed E-state index contributed by atoms with van der Waals surface area (Å²) in [4.78, 5) is 0. The Morgan fingerprint density at radius 3 is 2.30 bits per heavy atom. The Bertz CT molecular complexity index is 51.6. The summed E-state index contributed by atoms with van der Waals surface area (Å²) in [5.74, 6) is 0. The van der Waals surface area contributed by atoms with Gasteiger partial charge in [-0.3, -0.25) is 0 Å². The van der Waals surface area contributed by atoms with Crippen LogP contribution in [0.15, 0.2) is 0 Å². The first kappa shape index (κ1) is 10.5. The minimum Gasteiger partial charge on any atom is -0.484 e. The van der Waals surface area contributed by atoms with Crippen molar-refractivity contribution in [3.8, 4) is 0 Å². The van der Waals surface area contributed by atoms with Crippen molar-refractivity contribution in [1.29, 1.82) is 0 Å². The minimum absolute atomic E-state index is 0.186. The lowest BCUT2D eigenvalue weighted by molar-refractivity contribution is 0.219. The molecule has 0 spiro atoms. The third-order valence-electron chi connectivity index (χ3n) is 1.07. The molecule has 59 valence electrons. The molecule has 0 atom stereocenters. The Hall–Kier alpha value is 0.452. The molecule has 3 heteroatoms. The molecule has 0 unspecified atom stereocenters. The topological polar surface area (TPSA) is 18.5 Å². The van der Waals surface area contributed by atoms with Crippen LogP contribution in [-0.2, 0) is 7.58 Å². The zero-order chi connectivity index (χ0) is 7.66. The first-order valence-electron chi connectivity index (χ1n) is 3.96. The van der Waals surface area contributed by atoms with E-state index < -0.39 is 0 Å². The molecular weight excluding hydrogens is 143 g/mol. The predicted octanol–water partition coefficient (Wildman–Crippen LogP) is 1.76. The van der Waals surface area contributed by atoms with Crippen LogP contribution >= 0.6 is 0 Å². The molecule has 0 saturated heterocycles. The summed E-state index contributed by atoms with van der Waals surface area (Å²) in [6, 6.07) is 0. The van der Waals surface area contributed by atoms with Gasteiger partial charge < -0.3 is 7.58 Å².